The van der Waals surface area contributed by atoms with Crippen molar-refractivity contribution in [3.05, 3.63) is 131 Å². The van der Waals surface area contributed by atoms with Gasteiger partial charge < -0.3 is 23.7 Å². The van der Waals surface area contributed by atoms with Gasteiger partial charge in [-0.2, -0.15) is 0 Å². The van der Waals surface area contributed by atoms with Gasteiger partial charge >= 0.3 is 0 Å². The minimum atomic E-state index is -0.655. The lowest BCUT2D eigenvalue weighted by atomic mass is 10.1. The van der Waals surface area contributed by atoms with E-state index in [-0.39, 0.29) is 12.2 Å². The SMILES string of the molecule is COC[C@@H]1OC(C)(C)O[C@H]1COc1ccccc1/C=C/c1ccc(/C=C/c2ccccc2OCc2ccccc2)cc1. The third kappa shape index (κ3) is 8.20. The summed E-state index contributed by atoms with van der Waals surface area (Å²) in [6.07, 6.45) is 7.98. The number of methoxy groups -OCH3 is 1. The third-order valence-corrected chi connectivity index (χ3v) is 6.94. The Kier molecular flexibility index (Phi) is 9.88. The van der Waals surface area contributed by atoms with Crippen LogP contribution in [0.25, 0.3) is 24.3 Å². The first-order valence-electron chi connectivity index (χ1n) is 14.3. The highest BCUT2D eigenvalue weighted by Crippen LogP contribution is 2.30. The van der Waals surface area contributed by atoms with Gasteiger partial charge in [-0.3, -0.25) is 0 Å². The van der Waals surface area contributed by atoms with Crippen LogP contribution in [-0.4, -0.2) is 38.3 Å². The number of rotatable bonds is 12. The molecule has 0 N–H and O–H groups in total. The molecule has 4 aromatic carbocycles. The Hall–Kier alpha value is -4.16. The maximum atomic E-state index is 6.19. The monoisotopic (exact) mass is 562 g/mol. The summed E-state index contributed by atoms with van der Waals surface area (Å²) < 4.78 is 29.6. The van der Waals surface area contributed by atoms with Crippen LogP contribution in [0, 0.1) is 0 Å². The predicted molar refractivity (Wildman–Crippen MR) is 169 cm³/mol. The van der Waals surface area contributed by atoms with Crippen LogP contribution in [0.1, 0.15) is 41.7 Å². The first-order chi connectivity index (χ1) is 20.5. The minimum absolute atomic E-state index is 0.171. The second-order valence-corrected chi connectivity index (χ2v) is 10.7. The molecule has 216 valence electrons. The second-order valence-electron chi connectivity index (χ2n) is 10.7. The largest absolute Gasteiger partial charge is 0.490 e. The molecule has 1 saturated heterocycles. The molecular formula is C37H38O5. The summed E-state index contributed by atoms with van der Waals surface area (Å²) in [5.41, 5.74) is 5.39. The van der Waals surface area contributed by atoms with Crippen LogP contribution < -0.4 is 9.47 Å². The smallest absolute Gasteiger partial charge is 0.164 e. The topological polar surface area (TPSA) is 46.2 Å². The highest BCUT2D eigenvalue weighted by atomic mass is 16.8. The van der Waals surface area contributed by atoms with Gasteiger partial charge in [0.2, 0.25) is 0 Å². The van der Waals surface area contributed by atoms with Crippen LogP contribution in [0.5, 0.6) is 11.5 Å². The maximum Gasteiger partial charge on any atom is 0.164 e. The van der Waals surface area contributed by atoms with E-state index in [0.29, 0.717) is 19.8 Å². The van der Waals surface area contributed by atoms with Gasteiger partial charge in [0.25, 0.3) is 0 Å². The molecule has 0 saturated carbocycles. The van der Waals surface area contributed by atoms with Crippen molar-refractivity contribution in [2.45, 2.75) is 38.4 Å². The molecule has 0 unspecified atom stereocenters. The van der Waals surface area contributed by atoms with Crippen LogP contribution in [0.3, 0.4) is 0 Å². The van der Waals surface area contributed by atoms with Crippen LogP contribution in [0.2, 0.25) is 0 Å². The van der Waals surface area contributed by atoms with E-state index in [2.05, 4.69) is 66.8 Å². The lowest BCUT2D eigenvalue weighted by Crippen LogP contribution is -2.32. The fourth-order valence-electron chi connectivity index (χ4n) is 4.85. The number of benzene rings is 4. The van der Waals surface area contributed by atoms with Crippen molar-refractivity contribution < 1.29 is 23.7 Å². The summed E-state index contributed by atoms with van der Waals surface area (Å²) in [5.74, 6) is 1.01. The molecule has 5 heteroatoms. The fraction of sp³-hybridized carbons (Fsp3) is 0.243. The molecule has 1 fully saturated rings. The van der Waals surface area contributed by atoms with Crippen molar-refractivity contribution in [3.8, 4) is 11.5 Å². The standard InChI is InChI=1S/C37H38O5/c1-37(2)41-35(26-38-3)36(42-37)27-40-34-16-10-8-14-32(34)24-22-29-19-17-28(18-20-29)21-23-31-13-7-9-15-33(31)39-25-30-11-5-4-6-12-30/h4-24,35-36H,25-27H2,1-3H3/b23-21+,24-22+/t35-,36-/m0/s1. The molecule has 5 nitrogen and oxygen atoms in total. The molecule has 1 aliphatic heterocycles. The predicted octanol–water partition coefficient (Wildman–Crippen LogP) is 8.15. The van der Waals surface area contributed by atoms with Crippen molar-refractivity contribution >= 4 is 24.3 Å². The van der Waals surface area contributed by atoms with E-state index >= 15 is 0 Å². The molecule has 0 amide bonds. The Bertz CT molecular complexity index is 1470. The van der Waals surface area contributed by atoms with Crippen LogP contribution in [-0.2, 0) is 20.8 Å². The molecule has 4 aromatic rings. The molecule has 0 bridgehead atoms. The highest BCUT2D eigenvalue weighted by molar-refractivity contribution is 5.75. The average Bonchev–Trinajstić information content (AvgIpc) is 3.31. The van der Waals surface area contributed by atoms with Crippen molar-refractivity contribution in [1.82, 2.24) is 0 Å². The summed E-state index contributed by atoms with van der Waals surface area (Å²) >= 11 is 0. The fourth-order valence-corrected chi connectivity index (χ4v) is 4.85. The number of ether oxygens (including phenoxy) is 5. The molecule has 0 radical (unpaired) electrons. The summed E-state index contributed by atoms with van der Waals surface area (Å²) in [5, 5.41) is 0. The van der Waals surface area contributed by atoms with Gasteiger partial charge in [0.05, 0.1) is 6.61 Å². The molecular weight excluding hydrogens is 524 g/mol. The van der Waals surface area contributed by atoms with Gasteiger partial charge in [-0.1, -0.05) is 115 Å². The molecule has 5 rings (SSSR count). The van der Waals surface area contributed by atoms with Crippen LogP contribution in [0.15, 0.2) is 103 Å². The molecule has 2 atom stereocenters. The van der Waals surface area contributed by atoms with Crippen molar-refractivity contribution in [3.63, 3.8) is 0 Å². The first kappa shape index (κ1) is 29.3. The second kappa shape index (κ2) is 14.1. The third-order valence-electron chi connectivity index (χ3n) is 6.94. The lowest BCUT2D eigenvalue weighted by molar-refractivity contribution is -0.151. The molecule has 1 aliphatic rings. The van der Waals surface area contributed by atoms with Gasteiger partial charge in [-0.25, -0.2) is 0 Å². The van der Waals surface area contributed by atoms with E-state index in [4.69, 9.17) is 23.7 Å². The molecule has 1 heterocycles. The molecule has 0 spiro atoms. The zero-order valence-electron chi connectivity index (χ0n) is 24.4. The Morgan fingerprint density at radius 2 is 1.10 bits per heavy atom. The van der Waals surface area contributed by atoms with E-state index in [1.807, 2.05) is 74.5 Å². The number of hydrogen-bond donors (Lipinski definition) is 0. The molecule has 0 aliphatic carbocycles. The Morgan fingerprint density at radius 1 is 0.595 bits per heavy atom. The Labute approximate surface area is 249 Å². The van der Waals surface area contributed by atoms with Crippen molar-refractivity contribution in [2.75, 3.05) is 20.3 Å². The van der Waals surface area contributed by atoms with Crippen molar-refractivity contribution in [1.29, 1.82) is 0 Å². The number of hydrogen-bond acceptors (Lipinski definition) is 5. The van der Waals surface area contributed by atoms with Crippen LogP contribution in [0.4, 0.5) is 0 Å². The summed E-state index contributed by atoms with van der Waals surface area (Å²) in [6.45, 7) is 5.20. The van der Waals surface area contributed by atoms with E-state index in [1.54, 1.807) is 7.11 Å². The van der Waals surface area contributed by atoms with Gasteiger partial charge in [0.15, 0.2) is 5.79 Å². The van der Waals surface area contributed by atoms with E-state index in [0.717, 1.165) is 39.3 Å². The summed E-state index contributed by atoms with van der Waals surface area (Å²) in [4.78, 5) is 0. The van der Waals surface area contributed by atoms with E-state index in [1.165, 1.54) is 0 Å². The first-order valence-corrected chi connectivity index (χ1v) is 14.3. The van der Waals surface area contributed by atoms with Gasteiger partial charge in [-0.15, -0.1) is 0 Å². The van der Waals surface area contributed by atoms with Gasteiger partial charge in [0.1, 0.15) is 36.9 Å². The number of para-hydroxylation sites is 2. The summed E-state index contributed by atoms with van der Waals surface area (Å²) in [7, 11) is 1.66. The highest BCUT2D eigenvalue weighted by Gasteiger charge is 2.41. The molecule has 42 heavy (non-hydrogen) atoms. The zero-order chi connectivity index (χ0) is 29.2. The average molecular weight is 563 g/mol. The van der Waals surface area contributed by atoms with E-state index in [9.17, 15) is 0 Å². The van der Waals surface area contributed by atoms with Crippen LogP contribution >= 0.6 is 0 Å². The minimum Gasteiger partial charge on any atom is -0.490 e. The van der Waals surface area contributed by atoms with Gasteiger partial charge in [0, 0.05) is 18.2 Å². The maximum absolute atomic E-state index is 6.19. The quantitative estimate of drug-likeness (QED) is 0.163. The Balaban J connectivity index is 1.20. The lowest BCUT2D eigenvalue weighted by Gasteiger charge is -2.18. The normalized spacial score (nSPS) is 18.1. The zero-order valence-corrected chi connectivity index (χ0v) is 24.4. The molecule has 0 aromatic heterocycles. The van der Waals surface area contributed by atoms with Gasteiger partial charge in [-0.05, 0) is 42.7 Å². The van der Waals surface area contributed by atoms with Crippen molar-refractivity contribution in [2.24, 2.45) is 0 Å². The van der Waals surface area contributed by atoms with E-state index < -0.39 is 5.79 Å². The Morgan fingerprint density at radius 3 is 1.67 bits per heavy atom. The summed E-state index contributed by atoms with van der Waals surface area (Å²) in [6, 6.07) is 34.7.